The Bertz CT molecular complexity index is 134. The molecule has 3 heteroatoms. The van der Waals surface area contributed by atoms with Crippen LogP contribution in [-0.4, -0.2) is 15.9 Å². The quantitative estimate of drug-likeness (QED) is 0.615. The summed E-state index contributed by atoms with van der Waals surface area (Å²) < 4.78 is 0. The van der Waals surface area contributed by atoms with Crippen LogP contribution in [0.2, 0.25) is 0 Å². The fourth-order valence-electron chi connectivity index (χ4n) is 0.535. The molecule has 0 aliphatic heterocycles. The van der Waals surface area contributed by atoms with Crippen molar-refractivity contribution in [3.05, 3.63) is 0 Å². The lowest BCUT2D eigenvalue weighted by Crippen LogP contribution is -2.12. The van der Waals surface area contributed by atoms with Crippen molar-refractivity contribution < 1.29 is 9.90 Å². The summed E-state index contributed by atoms with van der Waals surface area (Å²) >= 11 is 3.22. The SMILES string of the molecule is C[C@]1(C(=O)O)CC1Br. The number of hydrogen-bond donors (Lipinski definition) is 1. The van der Waals surface area contributed by atoms with Crippen molar-refractivity contribution in [2.45, 2.75) is 18.2 Å². The van der Waals surface area contributed by atoms with E-state index in [1.54, 1.807) is 6.92 Å². The summed E-state index contributed by atoms with van der Waals surface area (Å²) in [7, 11) is 0. The van der Waals surface area contributed by atoms with E-state index in [-0.39, 0.29) is 4.83 Å². The predicted octanol–water partition coefficient (Wildman–Crippen LogP) is 1.24. The minimum atomic E-state index is -0.695. The molecule has 1 N–H and O–H groups in total. The molecule has 1 unspecified atom stereocenters. The highest BCUT2D eigenvalue weighted by Gasteiger charge is 2.55. The van der Waals surface area contributed by atoms with Crippen molar-refractivity contribution in [2.75, 3.05) is 0 Å². The lowest BCUT2D eigenvalue weighted by molar-refractivity contribution is -0.142. The predicted molar refractivity (Wildman–Crippen MR) is 33.1 cm³/mol. The second-order valence-electron chi connectivity index (χ2n) is 2.39. The fourth-order valence-corrected chi connectivity index (χ4v) is 1.40. The van der Waals surface area contributed by atoms with Crippen molar-refractivity contribution in [2.24, 2.45) is 5.41 Å². The van der Waals surface area contributed by atoms with Gasteiger partial charge in [-0.1, -0.05) is 15.9 Å². The van der Waals surface area contributed by atoms with Crippen molar-refractivity contribution in [1.29, 1.82) is 0 Å². The van der Waals surface area contributed by atoms with E-state index in [4.69, 9.17) is 5.11 Å². The molecular weight excluding hydrogens is 172 g/mol. The fraction of sp³-hybridized carbons (Fsp3) is 0.800. The first-order valence-corrected chi connectivity index (χ1v) is 3.36. The molecule has 2 nitrogen and oxygen atoms in total. The monoisotopic (exact) mass is 178 g/mol. The maximum Gasteiger partial charge on any atom is 0.310 e. The van der Waals surface area contributed by atoms with Gasteiger partial charge in [-0.15, -0.1) is 0 Å². The maximum atomic E-state index is 10.3. The molecule has 0 heterocycles. The van der Waals surface area contributed by atoms with E-state index in [2.05, 4.69) is 15.9 Å². The van der Waals surface area contributed by atoms with E-state index < -0.39 is 11.4 Å². The van der Waals surface area contributed by atoms with E-state index in [0.29, 0.717) is 0 Å². The van der Waals surface area contributed by atoms with E-state index in [9.17, 15) is 4.79 Å². The van der Waals surface area contributed by atoms with Crippen molar-refractivity contribution in [3.8, 4) is 0 Å². The number of carbonyl (C=O) groups is 1. The Hall–Kier alpha value is -0.0500. The van der Waals surface area contributed by atoms with Gasteiger partial charge in [-0.25, -0.2) is 0 Å². The first-order valence-electron chi connectivity index (χ1n) is 2.45. The number of hydrogen-bond acceptors (Lipinski definition) is 1. The lowest BCUT2D eigenvalue weighted by Gasteiger charge is -1.97. The Morgan fingerprint density at radius 2 is 2.38 bits per heavy atom. The molecule has 1 aliphatic rings. The van der Waals surface area contributed by atoms with Gasteiger partial charge in [0.25, 0.3) is 0 Å². The Labute approximate surface area is 56.0 Å². The zero-order chi connectivity index (χ0) is 6.36. The highest BCUT2D eigenvalue weighted by atomic mass is 79.9. The van der Waals surface area contributed by atoms with Gasteiger partial charge in [0.1, 0.15) is 0 Å². The average molecular weight is 179 g/mol. The van der Waals surface area contributed by atoms with Crippen LogP contribution < -0.4 is 0 Å². The Morgan fingerprint density at radius 1 is 2.00 bits per heavy atom. The lowest BCUT2D eigenvalue weighted by atomic mass is 10.2. The van der Waals surface area contributed by atoms with Gasteiger partial charge in [0.15, 0.2) is 0 Å². The van der Waals surface area contributed by atoms with Crippen LogP contribution in [-0.2, 0) is 4.79 Å². The molecule has 1 rings (SSSR count). The second-order valence-corrected chi connectivity index (χ2v) is 3.50. The minimum absolute atomic E-state index is 0.201. The maximum absolute atomic E-state index is 10.3. The highest BCUT2D eigenvalue weighted by Crippen LogP contribution is 2.51. The van der Waals surface area contributed by atoms with Gasteiger partial charge < -0.3 is 5.11 Å². The summed E-state index contributed by atoms with van der Waals surface area (Å²) in [6.45, 7) is 1.74. The summed E-state index contributed by atoms with van der Waals surface area (Å²) in [4.78, 5) is 10.5. The Morgan fingerprint density at radius 3 is 2.38 bits per heavy atom. The van der Waals surface area contributed by atoms with Gasteiger partial charge in [0.2, 0.25) is 0 Å². The second kappa shape index (κ2) is 1.47. The Balaban J connectivity index is 2.60. The first-order chi connectivity index (χ1) is 3.57. The molecule has 0 amide bonds. The van der Waals surface area contributed by atoms with Crippen LogP contribution in [0.4, 0.5) is 0 Å². The van der Waals surface area contributed by atoms with Gasteiger partial charge in [-0.3, -0.25) is 4.79 Å². The van der Waals surface area contributed by atoms with Crippen molar-refractivity contribution in [3.63, 3.8) is 0 Å². The molecular formula is C5H7BrO2. The van der Waals surface area contributed by atoms with Gasteiger partial charge in [-0.2, -0.15) is 0 Å². The summed E-state index contributed by atoms with van der Waals surface area (Å²) in [6.07, 6.45) is 0.766. The molecule has 0 saturated heterocycles. The third-order valence-electron chi connectivity index (χ3n) is 1.62. The molecule has 0 aromatic heterocycles. The van der Waals surface area contributed by atoms with Crippen LogP contribution in [0, 0.1) is 5.41 Å². The van der Waals surface area contributed by atoms with Gasteiger partial charge in [0, 0.05) is 4.83 Å². The topological polar surface area (TPSA) is 37.3 Å². The third kappa shape index (κ3) is 0.652. The molecule has 8 heavy (non-hydrogen) atoms. The zero-order valence-electron chi connectivity index (χ0n) is 4.52. The molecule has 0 bridgehead atoms. The standard InChI is InChI=1S/C5H7BrO2/c1-5(4(7)8)2-3(5)6/h3H,2H2,1H3,(H,7,8)/t3?,5-/m0/s1. The van der Waals surface area contributed by atoms with Crippen molar-refractivity contribution in [1.82, 2.24) is 0 Å². The number of halogens is 1. The highest BCUT2D eigenvalue weighted by molar-refractivity contribution is 9.09. The molecule has 1 aliphatic carbocycles. The van der Waals surface area contributed by atoms with Gasteiger partial charge >= 0.3 is 5.97 Å². The first kappa shape index (κ1) is 6.08. The molecule has 0 aromatic rings. The number of carboxylic acid groups (broad SMARTS) is 1. The molecule has 46 valence electrons. The van der Waals surface area contributed by atoms with E-state index in [1.165, 1.54) is 0 Å². The van der Waals surface area contributed by atoms with Crippen LogP contribution in [0.15, 0.2) is 0 Å². The van der Waals surface area contributed by atoms with Crippen LogP contribution in [0.5, 0.6) is 0 Å². The van der Waals surface area contributed by atoms with Gasteiger partial charge in [-0.05, 0) is 13.3 Å². The zero-order valence-corrected chi connectivity index (χ0v) is 6.10. The number of rotatable bonds is 1. The molecule has 0 aromatic carbocycles. The summed E-state index contributed by atoms with van der Waals surface area (Å²) in [6, 6.07) is 0. The summed E-state index contributed by atoms with van der Waals surface area (Å²) in [5.74, 6) is -0.695. The smallest absolute Gasteiger partial charge is 0.310 e. The molecule has 0 spiro atoms. The normalized spacial score (nSPS) is 44.0. The Kier molecular flexibility index (Phi) is 1.11. The van der Waals surface area contributed by atoms with Crippen LogP contribution in [0.25, 0.3) is 0 Å². The van der Waals surface area contributed by atoms with Crippen LogP contribution in [0.1, 0.15) is 13.3 Å². The van der Waals surface area contributed by atoms with Crippen molar-refractivity contribution >= 4 is 21.9 Å². The van der Waals surface area contributed by atoms with Crippen LogP contribution >= 0.6 is 15.9 Å². The summed E-state index contributed by atoms with van der Waals surface area (Å²) in [5.41, 5.74) is -0.458. The number of carboxylic acids is 1. The largest absolute Gasteiger partial charge is 0.481 e. The molecule has 1 fully saturated rings. The molecule has 1 saturated carbocycles. The van der Waals surface area contributed by atoms with E-state index >= 15 is 0 Å². The number of alkyl halides is 1. The number of aliphatic carboxylic acids is 1. The average Bonchev–Trinajstić information content (AvgIpc) is 2.17. The minimum Gasteiger partial charge on any atom is -0.481 e. The van der Waals surface area contributed by atoms with Crippen LogP contribution in [0.3, 0.4) is 0 Å². The van der Waals surface area contributed by atoms with Gasteiger partial charge in [0.05, 0.1) is 5.41 Å². The molecule has 0 radical (unpaired) electrons. The molecule has 2 atom stereocenters. The summed E-state index contributed by atoms with van der Waals surface area (Å²) in [5, 5.41) is 8.45. The van der Waals surface area contributed by atoms with E-state index in [0.717, 1.165) is 6.42 Å². The third-order valence-corrected chi connectivity index (χ3v) is 2.96. The van der Waals surface area contributed by atoms with E-state index in [1.807, 2.05) is 0 Å².